The molecule has 6 aliphatic rings. The van der Waals surface area contributed by atoms with Crippen molar-refractivity contribution in [1.82, 2.24) is 0 Å². The third kappa shape index (κ3) is 1.19. The summed E-state index contributed by atoms with van der Waals surface area (Å²) in [7, 11) is 0. The molecule has 0 aromatic heterocycles. The predicted octanol–water partition coefficient (Wildman–Crippen LogP) is 3.09. The number of ether oxygens (including phenoxy) is 1. The van der Waals surface area contributed by atoms with Gasteiger partial charge in [0, 0.05) is 11.8 Å². The SMILES string of the molecule is C[C@]12CCC(=O)C3OC31CC[C@@H]1[C@@H]2CC[C@]2(C)[C@H](O)C[C@@H]3C[C@]312. The highest BCUT2D eigenvalue weighted by molar-refractivity contribution is 5.88. The number of ketones is 1. The van der Waals surface area contributed by atoms with Crippen LogP contribution >= 0.6 is 0 Å². The summed E-state index contributed by atoms with van der Waals surface area (Å²) in [5.41, 5.74) is 0.681. The fourth-order valence-electron chi connectivity index (χ4n) is 8.70. The zero-order valence-corrected chi connectivity index (χ0v) is 14.3. The maximum Gasteiger partial charge on any atom is 0.164 e. The van der Waals surface area contributed by atoms with Crippen molar-refractivity contribution in [2.75, 3.05) is 0 Å². The van der Waals surface area contributed by atoms with Gasteiger partial charge in [-0.05, 0) is 73.5 Å². The highest BCUT2D eigenvalue weighted by Crippen LogP contribution is 2.84. The van der Waals surface area contributed by atoms with Crippen LogP contribution in [0.25, 0.3) is 0 Å². The third-order valence-corrected chi connectivity index (χ3v) is 10.1. The monoisotopic (exact) mass is 316 g/mol. The smallest absolute Gasteiger partial charge is 0.164 e. The molecular formula is C20H28O3. The predicted molar refractivity (Wildman–Crippen MR) is 84.7 cm³/mol. The van der Waals surface area contributed by atoms with Gasteiger partial charge in [0.15, 0.2) is 5.78 Å². The van der Waals surface area contributed by atoms with Crippen LogP contribution in [0.2, 0.25) is 0 Å². The van der Waals surface area contributed by atoms with Crippen molar-refractivity contribution in [2.24, 2.45) is 34.0 Å². The summed E-state index contributed by atoms with van der Waals surface area (Å²) in [5, 5.41) is 10.7. The Balaban J connectivity index is 1.43. The fourth-order valence-corrected chi connectivity index (χ4v) is 8.70. The first-order chi connectivity index (χ1) is 10.9. The van der Waals surface area contributed by atoms with Gasteiger partial charge in [0.2, 0.25) is 0 Å². The van der Waals surface area contributed by atoms with Crippen LogP contribution in [0.1, 0.15) is 65.2 Å². The van der Waals surface area contributed by atoms with Gasteiger partial charge >= 0.3 is 0 Å². The molecule has 0 radical (unpaired) electrons. The van der Waals surface area contributed by atoms with Crippen molar-refractivity contribution in [3.8, 4) is 0 Å². The molecule has 1 aliphatic heterocycles. The number of epoxide rings is 1. The van der Waals surface area contributed by atoms with E-state index in [4.69, 9.17) is 4.74 Å². The number of rotatable bonds is 0. The molecular weight excluding hydrogens is 288 g/mol. The number of carbonyl (C=O) groups is 1. The van der Waals surface area contributed by atoms with Gasteiger partial charge in [-0.25, -0.2) is 0 Å². The summed E-state index contributed by atoms with van der Waals surface area (Å²) >= 11 is 0. The van der Waals surface area contributed by atoms with Crippen LogP contribution in [-0.4, -0.2) is 28.7 Å². The fraction of sp³-hybridized carbons (Fsp3) is 0.950. The second kappa shape index (κ2) is 3.58. The first kappa shape index (κ1) is 13.8. The van der Waals surface area contributed by atoms with Crippen LogP contribution in [0.15, 0.2) is 0 Å². The Kier molecular flexibility index (Phi) is 2.15. The molecule has 5 saturated carbocycles. The van der Waals surface area contributed by atoms with Crippen LogP contribution in [0.3, 0.4) is 0 Å². The molecule has 2 spiro atoms. The van der Waals surface area contributed by atoms with Crippen molar-refractivity contribution in [3.05, 3.63) is 0 Å². The van der Waals surface area contributed by atoms with Crippen LogP contribution in [0.4, 0.5) is 0 Å². The molecule has 3 nitrogen and oxygen atoms in total. The molecule has 0 bridgehead atoms. The van der Waals surface area contributed by atoms with Crippen LogP contribution < -0.4 is 0 Å². The molecule has 1 heterocycles. The van der Waals surface area contributed by atoms with Crippen molar-refractivity contribution >= 4 is 5.78 Å². The van der Waals surface area contributed by atoms with E-state index in [1.54, 1.807) is 0 Å². The molecule has 23 heavy (non-hydrogen) atoms. The average molecular weight is 316 g/mol. The molecule has 0 aromatic carbocycles. The molecule has 0 aromatic rings. The molecule has 5 aliphatic carbocycles. The van der Waals surface area contributed by atoms with Crippen LogP contribution in [0.5, 0.6) is 0 Å². The zero-order valence-electron chi connectivity index (χ0n) is 14.3. The first-order valence-corrected chi connectivity index (χ1v) is 9.78. The molecule has 1 saturated heterocycles. The normalized spacial score (nSPS) is 68.3. The quantitative estimate of drug-likeness (QED) is 0.699. The van der Waals surface area contributed by atoms with E-state index >= 15 is 0 Å². The van der Waals surface area contributed by atoms with Crippen LogP contribution in [0, 0.1) is 34.0 Å². The minimum Gasteiger partial charge on any atom is -0.393 e. The topological polar surface area (TPSA) is 49.8 Å². The highest BCUT2D eigenvalue weighted by Gasteiger charge is 2.82. The maximum atomic E-state index is 12.2. The van der Waals surface area contributed by atoms with Gasteiger partial charge in [0.25, 0.3) is 0 Å². The standard InChI is InChI=1S/C20H28O3/c1-17-7-5-14(21)16-20(17,23-16)8-4-13-12(17)3-6-18(2)15(22)9-11-10-19(11,13)18/h11-13,15-16,22H,3-10H2,1-2H3/t11-,12+,13-,15-,16?,17-,18-,19+,20?/m1/s1. The molecule has 0 amide bonds. The Labute approximate surface area is 138 Å². The molecule has 6 rings (SSSR count). The zero-order chi connectivity index (χ0) is 15.8. The summed E-state index contributed by atoms with van der Waals surface area (Å²) in [6, 6.07) is 0. The van der Waals surface area contributed by atoms with Crippen molar-refractivity contribution < 1.29 is 14.6 Å². The molecule has 1 N–H and O–H groups in total. The lowest BCUT2D eigenvalue weighted by atomic mass is 9.43. The minimum absolute atomic E-state index is 0.0721. The molecule has 6 fully saturated rings. The van der Waals surface area contributed by atoms with Gasteiger partial charge in [-0.2, -0.15) is 0 Å². The summed E-state index contributed by atoms with van der Waals surface area (Å²) in [6.45, 7) is 4.83. The lowest BCUT2D eigenvalue weighted by molar-refractivity contribution is -0.145. The highest BCUT2D eigenvalue weighted by atomic mass is 16.6. The van der Waals surface area contributed by atoms with Crippen molar-refractivity contribution in [1.29, 1.82) is 0 Å². The lowest BCUT2D eigenvalue weighted by Crippen LogP contribution is -2.59. The van der Waals surface area contributed by atoms with E-state index < -0.39 is 0 Å². The largest absolute Gasteiger partial charge is 0.393 e. The van der Waals surface area contributed by atoms with Gasteiger partial charge in [0.1, 0.15) is 11.7 Å². The second-order valence-electron chi connectivity index (χ2n) is 10.2. The van der Waals surface area contributed by atoms with Gasteiger partial charge in [-0.15, -0.1) is 0 Å². The van der Waals surface area contributed by atoms with Gasteiger partial charge in [-0.3, -0.25) is 4.79 Å². The summed E-state index contributed by atoms with van der Waals surface area (Å²) in [4.78, 5) is 12.2. The number of hydrogen-bond acceptors (Lipinski definition) is 3. The van der Waals surface area contributed by atoms with E-state index in [1.807, 2.05) is 0 Å². The van der Waals surface area contributed by atoms with Crippen molar-refractivity contribution in [2.45, 2.75) is 83.0 Å². The molecule has 9 atom stereocenters. The Morgan fingerprint density at radius 2 is 1.87 bits per heavy atom. The number of carbonyl (C=O) groups excluding carboxylic acids is 1. The Morgan fingerprint density at radius 3 is 2.70 bits per heavy atom. The molecule has 2 unspecified atom stereocenters. The second-order valence-corrected chi connectivity index (χ2v) is 10.2. The number of Topliss-reactive ketones (excluding diaryl/α,β-unsaturated/α-hetero) is 1. The Morgan fingerprint density at radius 1 is 1.09 bits per heavy atom. The van der Waals surface area contributed by atoms with E-state index in [-0.39, 0.29) is 28.6 Å². The van der Waals surface area contributed by atoms with Crippen molar-refractivity contribution in [3.63, 3.8) is 0 Å². The summed E-state index contributed by atoms with van der Waals surface area (Å²) < 4.78 is 6.14. The van der Waals surface area contributed by atoms with Gasteiger partial charge in [-0.1, -0.05) is 13.8 Å². The maximum absolute atomic E-state index is 12.2. The molecule has 3 heteroatoms. The minimum atomic E-state index is -0.102. The summed E-state index contributed by atoms with van der Waals surface area (Å²) in [5.74, 6) is 2.60. The van der Waals surface area contributed by atoms with E-state index in [0.717, 1.165) is 37.5 Å². The van der Waals surface area contributed by atoms with Gasteiger partial charge in [0.05, 0.1) is 6.10 Å². The Bertz CT molecular complexity index is 630. The Hall–Kier alpha value is -0.410. The van der Waals surface area contributed by atoms with E-state index in [0.29, 0.717) is 17.1 Å². The lowest BCUT2D eigenvalue weighted by Gasteiger charge is -2.60. The van der Waals surface area contributed by atoms with Gasteiger partial charge < -0.3 is 9.84 Å². The third-order valence-electron chi connectivity index (χ3n) is 10.1. The number of aliphatic hydroxyl groups excluding tert-OH is 1. The van der Waals surface area contributed by atoms with E-state index in [9.17, 15) is 9.90 Å². The van der Waals surface area contributed by atoms with E-state index in [1.165, 1.54) is 25.7 Å². The van der Waals surface area contributed by atoms with Crippen LogP contribution in [-0.2, 0) is 9.53 Å². The number of aliphatic hydroxyl groups is 1. The number of hydrogen-bond donors (Lipinski definition) is 1. The number of fused-ring (bicyclic) bond motifs is 2. The molecule has 126 valence electrons. The summed E-state index contributed by atoms with van der Waals surface area (Å²) in [6.07, 6.45) is 8.72. The van der Waals surface area contributed by atoms with E-state index in [2.05, 4.69) is 13.8 Å². The average Bonchev–Trinajstić information content (AvgIpc) is 3.39. The first-order valence-electron chi connectivity index (χ1n) is 9.78.